The Hall–Kier alpha value is -0.570. The number of methoxy groups -OCH3 is 1. The zero-order valence-corrected chi connectivity index (χ0v) is 7.39. The molecule has 0 unspecified atom stereocenters. The topological polar surface area (TPSA) is 29.5 Å². The molecule has 1 aliphatic heterocycles. The first-order chi connectivity index (χ1) is 5.03. The molecule has 3 heteroatoms. The molecule has 0 bridgehead atoms. The van der Waals surface area contributed by atoms with Crippen LogP contribution < -0.4 is 0 Å². The molecule has 11 heavy (non-hydrogen) atoms. The van der Waals surface area contributed by atoms with Gasteiger partial charge in [-0.2, -0.15) is 0 Å². The van der Waals surface area contributed by atoms with Crippen molar-refractivity contribution in [3.05, 3.63) is 0 Å². The summed E-state index contributed by atoms with van der Waals surface area (Å²) in [5.41, 5.74) is 0.397. The highest BCUT2D eigenvalue weighted by Crippen LogP contribution is 2.27. The van der Waals surface area contributed by atoms with Gasteiger partial charge in [-0.15, -0.1) is 0 Å². The first-order valence-corrected chi connectivity index (χ1v) is 3.83. The highest BCUT2D eigenvalue weighted by molar-refractivity contribution is 5.71. The van der Waals surface area contributed by atoms with Crippen LogP contribution in [0.1, 0.15) is 13.8 Å². The molecule has 0 saturated carbocycles. The number of likely N-dealkylation sites (tertiary alicyclic amines) is 1. The number of esters is 1. The maximum absolute atomic E-state index is 10.8. The second-order valence-electron chi connectivity index (χ2n) is 3.89. The number of rotatable bonds is 2. The van der Waals surface area contributed by atoms with Crippen molar-refractivity contribution < 1.29 is 9.53 Å². The Kier molecular flexibility index (Phi) is 2.18. The van der Waals surface area contributed by atoms with Crippen LogP contribution in [0.2, 0.25) is 0 Å². The van der Waals surface area contributed by atoms with Gasteiger partial charge in [0.25, 0.3) is 0 Å². The van der Waals surface area contributed by atoms with Gasteiger partial charge in [-0.3, -0.25) is 9.69 Å². The van der Waals surface area contributed by atoms with Crippen LogP contribution in [0.5, 0.6) is 0 Å². The van der Waals surface area contributed by atoms with E-state index in [0.29, 0.717) is 12.0 Å². The summed E-state index contributed by atoms with van der Waals surface area (Å²) in [6.45, 7) is 6.84. The second-order valence-corrected chi connectivity index (χ2v) is 3.89. The van der Waals surface area contributed by atoms with Gasteiger partial charge in [0.1, 0.15) is 0 Å². The lowest BCUT2D eigenvalue weighted by Gasteiger charge is -2.45. The summed E-state index contributed by atoms with van der Waals surface area (Å²) in [4.78, 5) is 12.9. The van der Waals surface area contributed by atoms with Crippen molar-refractivity contribution in [3.8, 4) is 0 Å². The van der Waals surface area contributed by atoms with Crippen LogP contribution >= 0.6 is 0 Å². The van der Waals surface area contributed by atoms with Crippen LogP contribution in [0.4, 0.5) is 0 Å². The summed E-state index contributed by atoms with van der Waals surface area (Å²) in [7, 11) is 1.42. The fraction of sp³-hybridized carbons (Fsp3) is 0.875. The number of hydrogen-bond donors (Lipinski definition) is 0. The zero-order valence-electron chi connectivity index (χ0n) is 7.39. The number of hydrogen-bond acceptors (Lipinski definition) is 3. The molecule has 1 heterocycles. The van der Waals surface area contributed by atoms with Crippen molar-refractivity contribution >= 4 is 5.97 Å². The van der Waals surface area contributed by atoms with Crippen LogP contribution in [0.25, 0.3) is 0 Å². The summed E-state index contributed by atoms with van der Waals surface area (Å²) >= 11 is 0. The molecule has 0 aromatic carbocycles. The van der Waals surface area contributed by atoms with E-state index in [2.05, 4.69) is 23.5 Å². The first-order valence-electron chi connectivity index (χ1n) is 3.83. The Morgan fingerprint density at radius 1 is 1.55 bits per heavy atom. The van der Waals surface area contributed by atoms with E-state index in [-0.39, 0.29) is 5.97 Å². The molecule has 0 spiro atoms. The van der Waals surface area contributed by atoms with Crippen molar-refractivity contribution in [2.75, 3.05) is 26.7 Å². The van der Waals surface area contributed by atoms with Gasteiger partial charge in [0, 0.05) is 13.1 Å². The molecule has 0 radical (unpaired) electrons. The van der Waals surface area contributed by atoms with Gasteiger partial charge >= 0.3 is 5.97 Å². The van der Waals surface area contributed by atoms with Crippen LogP contribution in [0.3, 0.4) is 0 Å². The minimum Gasteiger partial charge on any atom is -0.468 e. The lowest BCUT2D eigenvalue weighted by atomic mass is 9.84. The van der Waals surface area contributed by atoms with Gasteiger partial charge in [0.2, 0.25) is 0 Å². The van der Waals surface area contributed by atoms with Gasteiger partial charge in [-0.1, -0.05) is 13.8 Å². The smallest absolute Gasteiger partial charge is 0.319 e. The summed E-state index contributed by atoms with van der Waals surface area (Å²) in [5.74, 6) is -0.138. The second kappa shape index (κ2) is 2.81. The lowest BCUT2D eigenvalue weighted by Crippen LogP contribution is -2.54. The molecule has 0 aromatic heterocycles. The highest BCUT2D eigenvalue weighted by atomic mass is 16.5. The minimum absolute atomic E-state index is 0.138. The van der Waals surface area contributed by atoms with Crippen molar-refractivity contribution in [2.45, 2.75) is 13.8 Å². The van der Waals surface area contributed by atoms with Gasteiger partial charge < -0.3 is 4.74 Å². The van der Waals surface area contributed by atoms with Crippen molar-refractivity contribution in [3.63, 3.8) is 0 Å². The van der Waals surface area contributed by atoms with E-state index in [4.69, 9.17) is 0 Å². The predicted octanol–water partition coefficient (Wildman–Crippen LogP) is 0.501. The summed E-state index contributed by atoms with van der Waals surface area (Å²) < 4.78 is 4.54. The summed E-state index contributed by atoms with van der Waals surface area (Å²) in [6.07, 6.45) is 0. The number of ether oxygens (including phenoxy) is 1. The number of nitrogens with zero attached hydrogens (tertiary/aromatic N) is 1. The largest absolute Gasteiger partial charge is 0.468 e. The average Bonchev–Trinajstić information content (AvgIpc) is 1.83. The van der Waals surface area contributed by atoms with Crippen molar-refractivity contribution in [1.29, 1.82) is 0 Å². The monoisotopic (exact) mass is 157 g/mol. The molecule has 0 aliphatic carbocycles. The third-order valence-corrected chi connectivity index (χ3v) is 1.88. The first kappa shape index (κ1) is 8.53. The molecular formula is C8H15NO2. The molecule has 1 fully saturated rings. The molecule has 0 aromatic rings. The summed E-state index contributed by atoms with van der Waals surface area (Å²) in [5, 5.41) is 0. The third-order valence-electron chi connectivity index (χ3n) is 1.88. The van der Waals surface area contributed by atoms with Gasteiger partial charge in [-0.25, -0.2) is 0 Å². The maximum atomic E-state index is 10.8. The fourth-order valence-electron chi connectivity index (χ4n) is 1.52. The Morgan fingerprint density at radius 2 is 2.09 bits per heavy atom. The Morgan fingerprint density at radius 3 is 2.45 bits per heavy atom. The van der Waals surface area contributed by atoms with Gasteiger partial charge in [0.15, 0.2) is 0 Å². The van der Waals surface area contributed by atoms with E-state index in [1.807, 2.05) is 0 Å². The van der Waals surface area contributed by atoms with Crippen LogP contribution in [0, 0.1) is 5.41 Å². The predicted molar refractivity (Wildman–Crippen MR) is 42.2 cm³/mol. The van der Waals surface area contributed by atoms with E-state index in [1.54, 1.807) is 0 Å². The van der Waals surface area contributed by atoms with Crippen LogP contribution in [-0.4, -0.2) is 37.6 Å². The van der Waals surface area contributed by atoms with E-state index in [1.165, 1.54) is 7.11 Å². The number of carbonyl (C=O) groups excluding carboxylic acids is 1. The molecule has 1 aliphatic rings. The minimum atomic E-state index is -0.138. The SMILES string of the molecule is COC(=O)CN1CC(C)(C)C1. The van der Waals surface area contributed by atoms with E-state index >= 15 is 0 Å². The zero-order chi connectivity index (χ0) is 8.48. The van der Waals surface area contributed by atoms with E-state index < -0.39 is 0 Å². The molecule has 0 N–H and O–H groups in total. The van der Waals surface area contributed by atoms with Crippen molar-refractivity contribution in [1.82, 2.24) is 4.90 Å². The molecule has 0 amide bonds. The molecule has 0 atom stereocenters. The molecule has 1 rings (SSSR count). The quantitative estimate of drug-likeness (QED) is 0.547. The van der Waals surface area contributed by atoms with Gasteiger partial charge in [-0.05, 0) is 5.41 Å². The maximum Gasteiger partial charge on any atom is 0.319 e. The van der Waals surface area contributed by atoms with Crippen LogP contribution in [0.15, 0.2) is 0 Å². The molecule has 1 saturated heterocycles. The Bertz CT molecular complexity index is 157. The normalized spacial score (nSPS) is 22.5. The summed E-state index contributed by atoms with van der Waals surface area (Å²) in [6, 6.07) is 0. The van der Waals surface area contributed by atoms with Gasteiger partial charge in [0.05, 0.1) is 13.7 Å². The molecule has 64 valence electrons. The third kappa shape index (κ3) is 2.19. The van der Waals surface area contributed by atoms with E-state index in [0.717, 1.165) is 13.1 Å². The molecule has 3 nitrogen and oxygen atoms in total. The highest BCUT2D eigenvalue weighted by Gasteiger charge is 2.34. The Labute approximate surface area is 67.3 Å². The lowest BCUT2D eigenvalue weighted by molar-refractivity contribution is -0.144. The van der Waals surface area contributed by atoms with Crippen molar-refractivity contribution in [2.24, 2.45) is 5.41 Å². The standard InChI is InChI=1S/C8H15NO2/c1-8(2)5-9(6-8)4-7(10)11-3/h4-6H2,1-3H3. The number of carbonyl (C=O) groups is 1. The average molecular weight is 157 g/mol. The van der Waals surface area contributed by atoms with Crippen LogP contribution in [-0.2, 0) is 9.53 Å². The fourth-order valence-corrected chi connectivity index (χ4v) is 1.52. The van der Waals surface area contributed by atoms with E-state index in [9.17, 15) is 4.79 Å². The Balaban J connectivity index is 2.19. The molecular weight excluding hydrogens is 142 g/mol.